The summed E-state index contributed by atoms with van der Waals surface area (Å²) in [6, 6.07) is 8.07. The monoisotopic (exact) mass is 282 g/mol. The summed E-state index contributed by atoms with van der Waals surface area (Å²) in [6.07, 6.45) is 5.25. The number of amides is 1. The Hall–Kier alpha value is -2.36. The zero-order valence-electron chi connectivity index (χ0n) is 12.1. The standard InChI is InChI=1S/C17H18N2O2/c1-21-17-9-12(7-8-19-17)14-6-5-11-3-2-4-13(11)15(14)10-16(18)20/h5-9H,2-4,10H2,1H3,(H2,18,20). The van der Waals surface area contributed by atoms with Crippen LogP contribution in [0.4, 0.5) is 0 Å². The third-order valence-electron chi connectivity index (χ3n) is 4.01. The summed E-state index contributed by atoms with van der Waals surface area (Å²) >= 11 is 0. The summed E-state index contributed by atoms with van der Waals surface area (Å²) in [5.74, 6) is 0.274. The average molecular weight is 282 g/mol. The van der Waals surface area contributed by atoms with Crippen molar-refractivity contribution in [2.45, 2.75) is 25.7 Å². The minimum absolute atomic E-state index is 0.281. The lowest BCUT2D eigenvalue weighted by Crippen LogP contribution is -2.15. The molecule has 0 saturated carbocycles. The summed E-state index contributed by atoms with van der Waals surface area (Å²) in [4.78, 5) is 15.6. The van der Waals surface area contributed by atoms with E-state index in [1.54, 1.807) is 13.3 Å². The second-order valence-electron chi connectivity index (χ2n) is 5.31. The number of carbonyl (C=O) groups is 1. The van der Waals surface area contributed by atoms with Gasteiger partial charge >= 0.3 is 0 Å². The van der Waals surface area contributed by atoms with Gasteiger partial charge in [0.1, 0.15) is 0 Å². The van der Waals surface area contributed by atoms with E-state index in [1.165, 1.54) is 11.1 Å². The maximum absolute atomic E-state index is 11.5. The number of rotatable bonds is 4. The number of ether oxygens (including phenoxy) is 1. The second-order valence-corrected chi connectivity index (χ2v) is 5.31. The summed E-state index contributed by atoms with van der Waals surface area (Å²) in [5.41, 5.74) is 11.2. The smallest absolute Gasteiger partial charge is 0.221 e. The molecule has 3 rings (SSSR count). The first-order valence-corrected chi connectivity index (χ1v) is 7.11. The van der Waals surface area contributed by atoms with Crippen molar-refractivity contribution in [2.24, 2.45) is 5.73 Å². The lowest BCUT2D eigenvalue weighted by molar-refractivity contribution is -0.117. The maximum Gasteiger partial charge on any atom is 0.221 e. The Morgan fingerprint density at radius 3 is 2.95 bits per heavy atom. The number of hydrogen-bond acceptors (Lipinski definition) is 3. The maximum atomic E-state index is 11.5. The molecule has 21 heavy (non-hydrogen) atoms. The molecule has 1 heterocycles. The van der Waals surface area contributed by atoms with E-state index in [0.29, 0.717) is 5.88 Å². The molecule has 0 unspecified atom stereocenters. The van der Waals surface area contributed by atoms with Crippen molar-refractivity contribution < 1.29 is 9.53 Å². The highest BCUT2D eigenvalue weighted by Gasteiger charge is 2.20. The Labute approximate surface area is 124 Å². The minimum atomic E-state index is -0.294. The lowest BCUT2D eigenvalue weighted by Gasteiger charge is -2.14. The molecule has 1 aromatic carbocycles. The van der Waals surface area contributed by atoms with Gasteiger partial charge in [0.15, 0.2) is 0 Å². The molecule has 4 heteroatoms. The first kappa shape index (κ1) is 13.6. The fraction of sp³-hybridized carbons (Fsp3) is 0.294. The number of aryl methyl sites for hydroxylation is 1. The summed E-state index contributed by atoms with van der Waals surface area (Å²) < 4.78 is 5.19. The Morgan fingerprint density at radius 2 is 2.19 bits per heavy atom. The van der Waals surface area contributed by atoms with Crippen molar-refractivity contribution in [3.05, 3.63) is 47.2 Å². The van der Waals surface area contributed by atoms with Crippen LogP contribution in [0.3, 0.4) is 0 Å². The number of nitrogens with zero attached hydrogens (tertiary/aromatic N) is 1. The van der Waals surface area contributed by atoms with E-state index in [9.17, 15) is 4.79 Å². The molecule has 1 amide bonds. The van der Waals surface area contributed by atoms with Gasteiger partial charge < -0.3 is 10.5 Å². The topological polar surface area (TPSA) is 65.2 Å². The van der Waals surface area contributed by atoms with E-state index in [1.807, 2.05) is 12.1 Å². The van der Waals surface area contributed by atoms with Crippen molar-refractivity contribution in [3.8, 4) is 17.0 Å². The lowest BCUT2D eigenvalue weighted by atomic mass is 9.91. The van der Waals surface area contributed by atoms with E-state index in [2.05, 4.69) is 17.1 Å². The highest BCUT2D eigenvalue weighted by molar-refractivity contribution is 5.82. The summed E-state index contributed by atoms with van der Waals surface area (Å²) in [5, 5.41) is 0. The number of benzene rings is 1. The van der Waals surface area contributed by atoms with Gasteiger partial charge in [0.25, 0.3) is 0 Å². The number of aromatic nitrogens is 1. The molecule has 0 saturated heterocycles. The molecule has 1 aliphatic rings. The van der Waals surface area contributed by atoms with Crippen LogP contribution in [0.1, 0.15) is 23.1 Å². The van der Waals surface area contributed by atoms with Crippen molar-refractivity contribution in [1.29, 1.82) is 0 Å². The largest absolute Gasteiger partial charge is 0.481 e. The molecule has 4 nitrogen and oxygen atoms in total. The number of fused-ring (bicyclic) bond motifs is 1. The van der Waals surface area contributed by atoms with Gasteiger partial charge in [0.2, 0.25) is 11.8 Å². The van der Waals surface area contributed by atoms with E-state index in [4.69, 9.17) is 10.5 Å². The van der Waals surface area contributed by atoms with Crippen LogP contribution in [0.15, 0.2) is 30.5 Å². The predicted molar refractivity (Wildman–Crippen MR) is 81.1 cm³/mol. The number of pyridine rings is 1. The van der Waals surface area contributed by atoms with Gasteiger partial charge in [0.05, 0.1) is 13.5 Å². The van der Waals surface area contributed by atoms with Gasteiger partial charge in [-0.1, -0.05) is 12.1 Å². The van der Waals surface area contributed by atoms with Crippen molar-refractivity contribution in [1.82, 2.24) is 4.98 Å². The van der Waals surface area contributed by atoms with Gasteiger partial charge in [-0.3, -0.25) is 4.79 Å². The number of nitrogens with two attached hydrogens (primary N) is 1. The molecule has 0 radical (unpaired) electrons. The molecule has 0 atom stereocenters. The normalized spacial score (nSPS) is 13.0. The van der Waals surface area contributed by atoms with E-state index in [0.717, 1.165) is 36.0 Å². The Kier molecular flexibility index (Phi) is 3.60. The Morgan fingerprint density at radius 1 is 1.33 bits per heavy atom. The Balaban J connectivity index is 2.15. The van der Waals surface area contributed by atoms with Crippen molar-refractivity contribution >= 4 is 5.91 Å². The zero-order chi connectivity index (χ0) is 14.8. The van der Waals surface area contributed by atoms with Crippen LogP contribution in [-0.2, 0) is 24.1 Å². The molecule has 1 aromatic heterocycles. The van der Waals surface area contributed by atoms with Crippen molar-refractivity contribution in [2.75, 3.05) is 7.11 Å². The third-order valence-corrected chi connectivity index (χ3v) is 4.01. The number of methoxy groups -OCH3 is 1. The number of hydrogen-bond donors (Lipinski definition) is 1. The highest BCUT2D eigenvalue weighted by Crippen LogP contribution is 2.34. The SMILES string of the molecule is COc1cc(-c2ccc3c(c2CC(N)=O)CCC3)ccn1. The highest BCUT2D eigenvalue weighted by atomic mass is 16.5. The molecule has 0 spiro atoms. The molecule has 0 fully saturated rings. The van der Waals surface area contributed by atoms with Crippen LogP contribution in [-0.4, -0.2) is 18.0 Å². The first-order valence-electron chi connectivity index (χ1n) is 7.11. The number of primary amides is 1. The van der Waals surface area contributed by atoms with Gasteiger partial charge in [-0.15, -0.1) is 0 Å². The average Bonchev–Trinajstić information content (AvgIpc) is 2.96. The Bertz CT molecular complexity index is 695. The molecule has 108 valence electrons. The third kappa shape index (κ3) is 2.61. The quantitative estimate of drug-likeness (QED) is 0.935. The molecule has 1 aliphatic carbocycles. The fourth-order valence-electron chi connectivity index (χ4n) is 3.08. The fourth-order valence-corrected chi connectivity index (χ4v) is 3.08. The molecule has 0 aliphatic heterocycles. The van der Waals surface area contributed by atoms with E-state index in [-0.39, 0.29) is 12.3 Å². The van der Waals surface area contributed by atoms with Crippen LogP contribution in [0, 0.1) is 0 Å². The summed E-state index contributed by atoms with van der Waals surface area (Å²) in [6.45, 7) is 0. The van der Waals surface area contributed by atoms with Gasteiger partial charge in [-0.05, 0) is 53.1 Å². The summed E-state index contributed by atoms with van der Waals surface area (Å²) in [7, 11) is 1.60. The molecule has 2 aromatic rings. The van der Waals surface area contributed by atoms with E-state index >= 15 is 0 Å². The molecule has 2 N–H and O–H groups in total. The van der Waals surface area contributed by atoms with Crippen molar-refractivity contribution in [3.63, 3.8) is 0 Å². The molecular formula is C17H18N2O2. The van der Waals surface area contributed by atoms with Gasteiger partial charge in [0, 0.05) is 12.3 Å². The first-order chi connectivity index (χ1) is 10.2. The van der Waals surface area contributed by atoms with Crippen LogP contribution >= 0.6 is 0 Å². The predicted octanol–water partition coefficient (Wildman–Crippen LogP) is 2.27. The molecule has 0 bridgehead atoms. The minimum Gasteiger partial charge on any atom is -0.481 e. The van der Waals surface area contributed by atoms with Crippen LogP contribution in [0.25, 0.3) is 11.1 Å². The van der Waals surface area contributed by atoms with E-state index < -0.39 is 0 Å². The second kappa shape index (κ2) is 5.56. The van der Waals surface area contributed by atoms with Crippen LogP contribution in [0.5, 0.6) is 5.88 Å². The number of carbonyl (C=O) groups excluding carboxylic acids is 1. The van der Waals surface area contributed by atoms with Crippen LogP contribution in [0.2, 0.25) is 0 Å². The van der Waals surface area contributed by atoms with Gasteiger partial charge in [-0.25, -0.2) is 4.98 Å². The van der Waals surface area contributed by atoms with Gasteiger partial charge in [-0.2, -0.15) is 0 Å². The zero-order valence-corrected chi connectivity index (χ0v) is 12.1. The van der Waals surface area contributed by atoms with Crippen LogP contribution < -0.4 is 10.5 Å². The molecular weight excluding hydrogens is 264 g/mol.